The number of aliphatic hydroxyl groups is 1. The summed E-state index contributed by atoms with van der Waals surface area (Å²) in [6.45, 7) is 4.20. The summed E-state index contributed by atoms with van der Waals surface area (Å²) in [4.78, 5) is 7.13. The number of nitrogens with zero attached hydrogens (tertiary/aromatic N) is 2. The molecule has 7 heteroatoms. The highest BCUT2D eigenvalue weighted by Gasteiger charge is 2.32. The van der Waals surface area contributed by atoms with Gasteiger partial charge in [-0.3, -0.25) is 0 Å². The second kappa shape index (κ2) is 5.51. The lowest BCUT2D eigenvalue weighted by molar-refractivity contribution is -0.141. The van der Waals surface area contributed by atoms with Crippen molar-refractivity contribution in [3.05, 3.63) is 18.0 Å². The van der Waals surface area contributed by atoms with Gasteiger partial charge in [-0.1, -0.05) is 13.8 Å². The molecule has 0 fully saturated rings. The summed E-state index contributed by atoms with van der Waals surface area (Å²) < 4.78 is 37.2. The van der Waals surface area contributed by atoms with Crippen molar-refractivity contribution in [2.45, 2.75) is 26.4 Å². The highest BCUT2D eigenvalue weighted by atomic mass is 19.4. The summed E-state index contributed by atoms with van der Waals surface area (Å²) in [6, 6.07) is 0.823. The van der Waals surface area contributed by atoms with Gasteiger partial charge in [0.2, 0.25) is 5.95 Å². The van der Waals surface area contributed by atoms with Crippen LogP contribution in [0.5, 0.6) is 0 Å². The Bertz CT molecular complexity index is 393. The molecule has 0 amide bonds. The Morgan fingerprint density at radius 2 is 2.00 bits per heavy atom. The summed E-state index contributed by atoms with van der Waals surface area (Å²) in [5.74, 6) is -0.0594. The average Bonchev–Trinajstić information content (AvgIpc) is 2.26. The molecule has 4 nitrogen and oxygen atoms in total. The number of rotatable bonds is 5. The zero-order chi connectivity index (χ0) is 13.8. The van der Waals surface area contributed by atoms with Gasteiger partial charge in [0.15, 0.2) is 0 Å². The first-order valence-corrected chi connectivity index (χ1v) is 5.49. The minimum atomic E-state index is -4.47. The van der Waals surface area contributed by atoms with E-state index in [-0.39, 0.29) is 18.0 Å². The Balaban J connectivity index is 2.69. The maximum atomic E-state index is 12.4. The van der Waals surface area contributed by atoms with Gasteiger partial charge in [0, 0.05) is 19.3 Å². The van der Waals surface area contributed by atoms with Crippen LogP contribution in [0.25, 0.3) is 0 Å². The number of alkyl halides is 3. The predicted octanol–water partition coefficient (Wildman–Crippen LogP) is 2.32. The molecule has 0 radical (unpaired) electrons. The number of anilines is 1. The van der Waals surface area contributed by atoms with Gasteiger partial charge in [-0.25, -0.2) is 9.97 Å². The maximum Gasteiger partial charge on any atom is 0.433 e. The van der Waals surface area contributed by atoms with E-state index in [9.17, 15) is 13.2 Å². The molecule has 1 aromatic rings. The van der Waals surface area contributed by atoms with Crippen LogP contribution in [0.4, 0.5) is 19.1 Å². The third kappa shape index (κ3) is 4.48. The van der Waals surface area contributed by atoms with Gasteiger partial charge < -0.3 is 10.4 Å². The fourth-order valence-electron chi connectivity index (χ4n) is 1.31. The van der Waals surface area contributed by atoms with Crippen molar-refractivity contribution in [3.8, 4) is 0 Å². The fourth-order valence-corrected chi connectivity index (χ4v) is 1.31. The van der Waals surface area contributed by atoms with Gasteiger partial charge in [-0.15, -0.1) is 0 Å². The molecule has 18 heavy (non-hydrogen) atoms. The first kappa shape index (κ1) is 14.7. The fraction of sp³-hybridized carbons (Fsp3) is 0.636. The zero-order valence-electron chi connectivity index (χ0n) is 10.3. The summed E-state index contributed by atoms with van der Waals surface area (Å²) in [6.07, 6.45) is -2.86. The van der Waals surface area contributed by atoms with E-state index in [0.29, 0.717) is 13.0 Å². The van der Waals surface area contributed by atoms with Gasteiger partial charge in [0.1, 0.15) is 5.69 Å². The number of hydrogen-bond donors (Lipinski definition) is 2. The maximum absolute atomic E-state index is 12.4. The van der Waals surface area contributed by atoms with Gasteiger partial charge in [-0.2, -0.15) is 13.2 Å². The molecule has 0 aliphatic heterocycles. The van der Waals surface area contributed by atoms with E-state index in [1.807, 2.05) is 13.8 Å². The van der Waals surface area contributed by atoms with Crippen LogP contribution in [0, 0.1) is 5.41 Å². The summed E-state index contributed by atoms with van der Waals surface area (Å²) in [7, 11) is 0. The van der Waals surface area contributed by atoms with Crippen LogP contribution in [0.15, 0.2) is 12.3 Å². The Morgan fingerprint density at radius 1 is 1.33 bits per heavy atom. The van der Waals surface area contributed by atoms with E-state index >= 15 is 0 Å². The molecule has 0 saturated carbocycles. The van der Waals surface area contributed by atoms with E-state index in [4.69, 9.17) is 5.11 Å². The Kier molecular flexibility index (Phi) is 4.50. The third-order valence-corrected chi connectivity index (χ3v) is 2.46. The molecule has 102 valence electrons. The smallest absolute Gasteiger partial charge is 0.396 e. The lowest BCUT2D eigenvalue weighted by Gasteiger charge is -2.23. The monoisotopic (exact) mass is 263 g/mol. The zero-order valence-corrected chi connectivity index (χ0v) is 10.3. The molecule has 1 rings (SSSR count). The van der Waals surface area contributed by atoms with Crippen LogP contribution in [-0.4, -0.2) is 28.2 Å². The molecule has 1 heterocycles. The van der Waals surface area contributed by atoms with Crippen molar-refractivity contribution < 1.29 is 18.3 Å². The highest BCUT2D eigenvalue weighted by molar-refractivity contribution is 5.26. The van der Waals surface area contributed by atoms with Gasteiger partial charge in [0.05, 0.1) is 0 Å². The normalized spacial score (nSPS) is 12.6. The van der Waals surface area contributed by atoms with Crippen molar-refractivity contribution >= 4 is 5.95 Å². The number of aromatic nitrogens is 2. The SMILES string of the molecule is CC(C)(CCO)CNc1nccc(C(F)(F)F)n1. The van der Waals surface area contributed by atoms with E-state index in [2.05, 4.69) is 15.3 Å². The molecular weight excluding hydrogens is 247 g/mol. The average molecular weight is 263 g/mol. The molecule has 0 aromatic carbocycles. The number of hydrogen-bond acceptors (Lipinski definition) is 4. The summed E-state index contributed by atoms with van der Waals surface area (Å²) in [5, 5.41) is 11.6. The third-order valence-electron chi connectivity index (χ3n) is 2.46. The molecule has 0 aliphatic carbocycles. The Morgan fingerprint density at radius 3 is 2.56 bits per heavy atom. The number of aliphatic hydroxyl groups excluding tert-OH is 1. The summed E-state index contributed by atoms with van der Waals surface area (Å²) >= 11 is 0. The van der Waals surface area contributed by atoms with Gasteiger partial charge in [0.25, 0.3) is 0 Å². The molecule has 0 saturated heterocycles. The molecule has 0 spiro atoms. The lowest BCUT2D eigenvalue weighted by Crippen LogP contribution is -2.25. The second-order valence-electron chi connectivity index (χ2n) is 4.75. The molecule has 0 unspecified atom stereocenters. The van der Waals surface area contributed by atoms with E-state index in [1.54, 1.807) is 0 Å². The van der Waals surface area contributed by atoms with Crippen LogP contribution in [-0.2, 0) is 6.18 Å². The van der Waals surface area contributed by atoms with Crippen LogP contribution in [0.1, 0.15) is 26.0 Å². The van der Waals surface area contributed by atoms with Gasteiger partial charge >= 0.3 is 6.18 Å². The predicted molar refractivity (Wildman–Crippen MR) is 61.0 cm³/mol. The van der Waals surface area contributed by atoms with Crippen LogP contribution < -0.4 is 5.32 Å². The van der Waals surface area contributed by atoms with E-state index in [1.165, 1.54) is 0 Å². The molecule has 0 aliphatic rings. The van der Waals surface area contributed by atoms with Crippen molar-refractivity contribution in [2.75, 3.05) is 18.5 Å². The lowest BCUT2D eigenvalue weighted by atomic mass is 9.90. The van der Waals surface area contributed by atoms with E-state index in [0.717, 1.165) is 12.3 Å². The standard InChI is InChI=1S/C11H16F3N3O/c1-10(2,4-6-18)7-16-9-15-5-3-8(17-9)11(12,13)14/h3,5,18H,4,6-7H2,1-2H3,(H,15,16,17). The molecule has 2 N–H and O–H groups in total. The van der Waals surface area contributed by atoms with Crippen molar-refractivity contribution in [1.82, 2.24) is 9.97 Å². The van der Waals surface area contributed by atoms with Crippen LogP contribution >= 0.6 is 0 Å². The topological polar surface area (TPSA) is 58.0 Å². The first-order valence-electron chi connectivity index (χ1n) is 5.49. The Labute approximate surface area is 103 Å². The minimum Gasteiger partial charge on any atom is -0.396 e. The second-order valence-corrected chi connectivity index (χ2v) is 4.75. The molecule has 0 bridgehead atoms. The molecule has 0 atom stereocenters. The quantitative estimate of drug-likeness (QED) is 0.856. The van der Waals surface area contributed by atoms with E-state index < -0.39 is 11.9 Å². The number of nitrogens with one attached hydrogen (secondary N) is 1. The van der Waals surface area contributed by atoms with Crippen molar-refractivity contribution in [3.63, 3.8) is 0 Å². The van der Waals surface area contributed by atoms with Gasteiger partial charge in [-0.05, 0) is 17.9 Å². The van der Waals surface area contributed by atoms with Crippen molar-refractivity contribution in [2.24, 2.45) is 5.41 Å². The summed E-state index contributed by atoms with van der Waals surface area (Å²) in [5.41, 5.74) is -1.22. The first-order chi connectivity index (χ1) is 8.24. The van der Waals surface area contributed by atoms with Crippen molar-refractivity contribution in [1.29, 1.82) is 0 Å². The van der Waals surface area contributed by atoms with Crippen LogP contribution in [0.2, 0.25) is 0 Å². The number of halogens is 3. The highest BCUT2D eigenvalue weighted by Crippen LogP contribution is 2.27. The van der Waals surface area contributed by atoms with Crippen LogP contribution in [0.3, 0.4) is 0 Å². The largest absolute Gasteiger partial charge is 0.433 e. The minimum absolute atomic E-state index is 0.0259. The molecular formula is C11H16F3N3O. The molecule has 1 aromatic heterocycles. The Hall–Kier alpha value is -1.37.